The van der Waals surface area contributed by atoms with E-state index in [4.69, 9.17) is 4.52 Å². The van der Waals surface area contributed by atoms with Crippen molar-refractivity contribution >= 4 is 14.1 Å². The Bertz CT molecular complexity index is 333. The number of rotatable bonds is 3. The van der Waals surface area contributed by atoms with E-state index in [9.17, 15) is 0 Å². The molecule has 0 unspecified atom stereocenters. The van der Waals surface area contributed by atoms with E-state index in [0.717, 1.165) is 19.9 Å². The van der Waals surface area contributed by atoms with Crippen molar-refractivity contribution in [3.05, 3.63) is 60.7 Å². The van der Waals surface area contributed by atoms with Gasteiger partial charge < -0.3 is 4.52 Å². The minimum absolute atomic E-state index is 0.878. The van der Waals surface area contributed by atoms with E-state index < -0.39 is 0 Å². The third-order valence-corrected chi connectivity index (χ3v) is 2.57. The Hall–Kier alpha value is -1.33. The van der Waals surface area contributed by atoms with Gasteiger partial charge in [0.15, 0.2) is 8.81 Å². The Labute approximate surface area is 85.6 Å². The summed E-state index contributed by atoms with van der Waals surface area (Å²) in [6.07, 6.45) is 0. The Morgan fingerprint density at radius 1 is 0.714 bits per heavy atom. The van der Waals surface area contributed by atoms with Crippen LogP contribution in [0.5, 0.6) is 5.75 Å². The fourth-order valence-corrected chi connectivity index (χ4v) is 1.70. The van der Waals surface area contributed by atoms with Crippen LogP contribution in [0.2, 0.25) is 0 Å². The number of hydrogen-bond donors (Lipinski definition) is 0. The van der Waals surface area contributed by atoms with Gasteiger partial charge in [0.05, 0.1) is 0 Å². The van der Waals surface area contributed by atoms with Crippen molar-refractivity contribution in [1.82, 2.24) is 0 Å². The molecule has 0 spiro atoms. The molecular weight excluding hydrogens is 191 g/mol. The van der Waals surface area contributed by atoms with E-state index in [1.807, 2.05) is 60.7 Å². The van der Waals surface area contributed by atoms with Crippen molar-refractivity contribution in [3.63, 3.8) is 0 Å². The van der Waals surface area contributed by atoms with Crippen molar-refractivity contribution < 1.29 is 4.52 Å². The average Bonchev–Trinajstić information content (AvgIpc) is 2.29. The van der Waals surface area contributed by atoms with Crippen molar-refractivity contribution in [2.45, 2.75) is 0 Å². The second kappa shape index (κ2) is 4.78. The molecule has 0 fully saturated rings. The normalized spacial score (nSPS) is 10.6. The fourth-order valence-electron chi connectivity index (χ4n) is 1.08. The number of benzene rings is 2. The van der Waals surface area contributed by atoms with Crippen LogP contribution >= 0.6 is 8.81 Å². The molecular formula is C12H10OP. The summed E-state index contributed by atoms with van der Waals surface area (Å²) >= 11 is 0. The molecule has 2 aromatic rings. The predicted octanol–water partition coefficient (Wildman–Crippen LogP) is 3.25. The van der Waals surface area contributed by atoms with Crippen LogP contribution in [0.25, 0.3) is 0 Å². The SMILES string of the molecule is c1ccc(O[P]c2ccccc2)cc1. The van der Waals surface area contributed by atoms with Gasteiger partial charge in [-0.05, 0) is 12.1 Å². The maximum atomic E-state index is 5.56. The minimum Gasteiger partial charge on any atom is -0.461 e. The lowest BCUT2D eigenvalue weighted by Gasteiger charge is -2.02. The van der Waals surface area contributed by atoms with Gasteiger partial charge in [0, 0.05) is 5.30 Å². The van der Waals surface area contributed by atoms with Crippen molar-refractivity contribution in [2.24, 2.45) is 0 Å². The Balaban J connectivity index is 1.96. The second-order valence-corrected chi connectivity index (χ2v) is 3.71. The highest BCUT2D eigenvalue weighted by atomic mass is 31.1. The van der Waals surface area contributed by atoms with Crippen LogP contribution in [-0.2, 0) is 0 Å². The molecule has 0 amide bonds. The van der Waals surface area contributed by atoms with Crippen LogP contribution in [-0.4, -0.2) is 0 Å². The molecule has 0 N–H and O–H groups in total. The molecule has 2 aromatic carbocycles. The lowest BCUT2D eigenvalue weighted by molar-refractivity contribution is 0.638. The van der Waals surface area contributed by atoms with Gasteiger partial charge in [-0.3, -0.25) is 0 Å². The standard InChI is InChI=1S/C12H10OP/c1-3-7-11(8-4-1)13-14-12-9-5-2-6-10-12/h1-10H. The zero-order chi connectivity index (χ0) is 9.64. The monoisotopic (exact) mass is 201 g/mol. The molecule has 0 aliphatic heterocycles. The van der Waals surface area contributed by atoms with Gasteiger partial charge in [-0.1, -0.05) is 48.5 Å². The lowest BCUT2D eigenvalue weighted by atomic mass is 10.3. The van der Waals surface area contributed by atoms with Crippen molar-refractivity contribution in [2.75, 3.05) is 0 Å². The molecule has 0 saturated heterocycles. The van der Waals surface area contributed by atoms with Gasteiger partial charge in [0.1, 0.15) is 5.75 Å². The molecule has 0 aliphatic rings. The maximum Gasteiger partial charge on any atom is 0.188 e. The number of hydrogen-bond acceptors (Lipinski definition) is 1. The highest BCUT2D eigenvalue weighted by Gasteiger charge is 1.95. The van der Waals surface area contributed by atoms with Gasteiger partial charge >= 0.3 is 0 Å². The molecule has 14 heavy (non-hydrogen) atoms. The fraction of sp³-hybridized carbons (Fsp3) is 0. The molecule has 0 heterocycles. The van der Waals surface area contributed by atoms with Gasteiger partial charge in [-0.2, -0.15) is 0 Å². The third-order valence-electron chi connectivity index (χ3n) is 1.76. The van der Waals surface area contributed by atoms with Gasteiger partial charge in [-0.25, -0.2) is 0 Å². The first-order chi connectivity index (χ1) is 6.95. The quantitative estimate of drug-likeness (QED) is 0.692. The van der Waals surface area contributed by atoms with Crippen LogP contribution in [0, 0.1) is 0 Å². The van der Waals surface area contributed by atoms with Crippen LogP contribution < -0.4 is 9.83 Å². The maximum absolute atomic E-state index is 5.56. The Morgan fingerprint density at radius 2 is 1.29 bits per heavy atom. The van der Waals surface area contributed by atoms with Crippen LogP contribution in [0.4, 0.5) is 0 Å². The molecule has 0 bridgehead atoms. The van der Waals surface area contributed by atoms with Crippen molar-refractivity contribution in [3.8, 4) is 5.75 Å². The van der Waals surface area contributed by atoms with Gasteiger partial charge in [-0.15, -0.1) is 0 Å². The Morgan fingerprint density at radius 3 is 1.93 bits per heavy atom. The molecule has 0 atom stereocenters. The number of para-hydroxylation sites is 1. The minimum atomic E-state index is 0.878. The lowest BCUT2D eigenvalue weighted by Crippen LogP contribution is -1.94. The molecule has 2 rings (SSSR count). The highest BCUT2D eigenvalue weighted by Crippen LogP contribution is 2.19. The van der Waals surface area contributed by atoms with E-state index in [2.05, 4.69) is 0 Å². The summed E-state index contributed by atoms with van der Waals surface area (Å²) in [5.41, 5.74) is 0. The molecule has 0 saturated carbocycles. The zero-order valence-electron chi connectivity index (χ0n) is 7.63. The van der Waals surface area contributed by atoms with Crippen molar-refractivity contribution in [1.29, 1.82) is 0 Å². The molecule has 1 radical (unpaired) electrons. The summed E-state index contributed by atoms with van der Waals surface area (Å²) in [6.45, 7) is 0. The molecule has 0 aromatic heterocycles. The topological polar surface area (TPSA) is 9.23 Å². The summed E-state index contributed by atoms with van der Waals surface area (Å²) in [5, 5.41) is 1.16. The zero-order valence-corrected chi connectivity index (χ0v) is 8.52. The molecule has 1 nitrogen and oxygen atoms in total. The third kappa shape index (κ3) is 2.58. The summed E-state index contributed by atoms with van der Waals surface area (Å²) in [4.78, 5) is 0. The van der Waals surface area contributed by atoms with Crippen LogP contribution in [0.1, 0.15) is 0 Å². The summed E-state index contributed by atoms with van der Waals surface area (Å²) in [6, 6.07) is 19.9. The first-order valence-corrected chi connectivity index (χ1v) is 5.24. The van der Waals surface area contributed by atoms with Gasteiger partial charge in [0.25, 0.3) is 0 Å². The van der Waals surface area contributed by atoms with E-state index in [1.165, 1.54) is 0 Å². The van der Waals surface area contributed by atoms with E-state index in [1.54, 1.807) is 0 Å². The Kier molecular flexibility index (Phi) is 3.15. The van der Waals surface area contributed by atoms with E-state index in [0.29, 0.717) is 0 Å². The largest absolute Gasteiger partial charge is 0.461 e. The second-order valence-electron chi connectivity index (χ2n) is 2.83. The first-order valence-electron chi connectivity index (χ1n) is 4.43. The van der Waals surface area contributed by atoms with Crippen LogP contribution in [0.3, 0.4) is 0 Å². The summed E-state index contributed by atoms with van der Waals surface area (Å²) in [5.74, 6) is 0.901. The molecule has 69 valence electrons. The van der Waals surface area contributed by atoms with E-state index in [-0.39, 0.29) is 0 Å². The smallest absolute Gasteiger partial charge is 0.188 e. The van der Waals surface area contributed by atoms with Crippen LogP contribution in [0.15, 0.2) is 60.7 Å². The summed E-state index contributed by atoms with van der Waals surface area (Å²) < 4.78 is 5.56. The molecule has 0 aliphatic carbocycles. The van der Waals surface area contributed by atoms with E-state index >= 15 is 0 Å². The predicted molar refractivity (Wildman–Crippen MR) is 60.1 cm³/mol. The summed E-state index contributed by atoms with van der Waals surface area (Å²) in [7, 11) is 0.878. The highest BCUT2D eigenvalue weighted by molar-refractivity contribution is 7.42. The molecule has 2 heteroatoms. The first kappa shape index (κ1) is 9.23. The van der Waals surface area contributed by atoms with Gasteiger partial charge in [0.2, 0.25) is 0 Å². The average molecular weight is 201 g/mol.